The number of rotatable bonds is 2. The molecule has 0 aliphatic carbocycles. The van der Waals surface area contributed by atoms with Gasteiger partial charge in [-0.05, 0) is 39.2 Å². The normalized spacial score (nSPS) is 21.9. The molecule has 5 heteroatoms. The summed E-state index contributed by atoms with van der Waals surface area (Å²) in [5.74, 6) is 0.0363. The molecule has 1 aromatic heterocycles. The van der Waals surface area contributed by atoms with Crippen molar-refractivity contribution in [2.75, 3.05) is 0 Å². The van der Waals surface area contributed by atoms with Crippen LogP contribution in [0.15, 0.2) is 29.6 Å². The summed E-state index contributed by atoms with van der Waals surface area (Å²) in [5, 5.41) is 3.30. The predicted octanol–water partition coefficient (Wildman–Crippen LogP) is 4.87. The summed E-state index contributed by atoms with van der Waals surface area (Å²) < 4.78 is 0. The van der Waals surface area contributed by atoms with Gasteiger partial charge in [0.05, 0.1) is 5.02 Å². The van der Waals surface area contributed by atoms with Gasteiger partial charge >= 0.3 is 0 Å². The Balaban J connectivity index is 1.87. The fraction of sp³-hybridized carbons (Fsp3) is 0.412. The van der Waals surface area contributed by atoms with Crippen LogP contribution in [0, 0.1) is 0 Å². The first-order chi connectivity index (χ1) is 10.6. The molecule has 1 amide bonds. The van der Waals surface area contributed by atoms with E-state index < -0.39 is 0 Å². The van der Waals surface area contributed by atoms with E-state index in [2.05, 4.69) is 18.8 Å². The Kier molecular flexibility index (Phi) is 4.50. The number of carbonyl (C=O) groups is 1. The van der Waals surface area contributed by atoms with Crippen LogP contribution in [-0.2, 0) is 0 Å². The highest BCUT2D eigenvalue weighted by Gasteiger charge is 2.30. The van der Waals surface area contributed by atoms with Crippen LogP contribution < -0.4 is 0 Å². The molecule has 2 aromatic rings. The zero-order chi connectivity index (χ0) is 15.7. The number of piperidine rings is 1. The Morgan fingerprint density at radius 3 is 2.64 bits per heavy atom. The number of hydrogen-bond donors (Lipinski definition) is 0. The van der Waals surface area contributed by atoms with Gasteiger partial charge in [0.15, 0.2) is 0 Å². The average molecular weight is 335 g/mol. The highest BCUT2D eigenvalue weighted by atomic mass is 35.5. The van der Waals surface area contributed by atoms with Gasteiger partial charge in [0.25, 0.3) is 5.91 Å². The highest BCUT2D eigenvalue weighted by Crippen LogP contribution is 2.31. The lowest BCUT2D eigenvalue weighted by Crippen LogP contribution is -2.47. The molecule has 3 nitrogen and oxygen atoms in total. The van der Waals surface area contributed by atoms with Gasteiger partial charge in [-0.25, -0.2) is 4.98 Å². The molecule has 0 N–H and O–H groups in total. The van der Waals surface area contributed by atoms with E-state index in [4.69, 9.17) is 11.6 Å². The van der Waals surface area contributed by atoms with Crippen molar-refractivity contribution in [3.63, 3.8) is 0 Å². The van der Waals surface area contributed by atoms with Crippen LogP contribution in [-0.4, -0.2) is 27.9 Å². The van der Waals surface area contributed by atoms with Gasteiger partial charge in [-0.15, -0.1) is 11.3 Å². The van der Waals surface area contributed by atoms with Crippen LogP contribution in [0.3, 0.4) is 0 Å². The first kappa shape index (κ1) is 15.5. The second-order valence-corrected chi connectivity index (χ2v) is 7.12. The van der Waals surface area contributed by atoms with Crippen LogP contribution >= 0.6 is 22.9 Å². The van der Waals surface area contributed by atoms with Crippen LogP contribution in [0.4, 0.5) is 0 Å². The minimum Gasteiger partial charge on any atom is -0.332 e. The predicted molar refractivity (Wildman–Crippen MR) is 91.5 cm³/mol. The zero-order valence-corrected chi connectivity index (χ0v) is 14.3. The van der Waals surface area contributed by atoms with Crippen molar-refractivity contribution in [3.05, 3.63) is 40.4 Å². The first-order valence-electron chi connectivity index (χ1n) is 7.61. The summed E-state index contributed by atoms with van der Waals surface area (Å²) in [7, 11) is 0. The molecule has 116 valence electrons. The summed E-state index contributed by atoms with van der Waals surface area (Å²) in [6.07, 6.45) is 3.32. The van der Waals surface area contributed by atoms with Crippen LogP contribution in [0.25, 0.3) is 10.6 Å². The molecule has 0 spiro atoms. The van der Waals surface area contributed by atoms with E-state index >= 15 is 0 Å². The van der Waals surface area contributed by atoms with Crippen molar-refractivity contribution >= 4 is 28.8 Å². The maximum Gasteiger partial charge on any atom is 0.273 e. The molecule has 2 atom stereocenters. The maximum absolute atomic E-state index is 12.8. The van der Waals surface area contributed by atoms with Gasteiger partial charge in [-0.2, -0.15) is 0 Å². The van der Waals surface area contributed by atoms with E-state index in [0.717, 1.165) is 23.4 Å². The van der Waals surface area contributed by atoms with Crippen LogP contribution in [0.2, 0.25) is 5.02 Å². The second-order valence-electron chi connectivity index (χ2n) is 5.86. The topological polar surface area (TPSA) is 33.2 Å². The number of hydrogen-bond acceptors (Lipinski definition) is 3. The number of aromatic nitrogens is 1. The number of benzene rings is 1. The summed E-state index contributed by atoms with van der Waals surface area (Å²) in [6, 6.07) is 8.15. The fourth-order valence-corrected chi connectivity index (χ4v) is 4.20. The van der Waals surface area contributed by atoms with Gasteiger partial charge in [-0.3, -0.25) is 4.79 Å². The highest BCUT2D eigenvalue weighted by molar-refractivity contribution is 7.13. The summed E-state index contributed by atoms with van der Waals surface area (Å²) in [5.41, 5.74) is 1.41. The molecule has 0 radical (unpaired) electrons. The average Bonchev–Trinajstić information content (AvgIpc) is 2.97. The maximum atomic E-state index is 12.8. The number of halogens is 1. The third-order valence-corrected chi connectivity index (χ3v) is 5.46. The zero-order valence-electron chi connectivity index (χ0n) is 12.8. The van der Waals surface area contributed by atoms with E-state index in [1.807, 2.05) is 34.5 Å². The number of nitrogens with zero attached hydrogens (tertiary/aromatic N) is 2. The largest absolute Gasteiger partial charge is 0.332 e. The molecular weight excluding hydrogens is 316 g/mol. The smallest absolute Gasteiger partial charge is 0.273 e. The number of thiazole rings is 1. The van der Waals surface area contributed by atoms with Crippen molar-refractivity contribution < 1.29 is 4.79 Å². The SMILES string of the molecule is CC1CCCC(C)N1C(=O)c1csc(-c2ccccc2Cl)n1. The monoisotopic (exact) mass is 334 g/mol. The van der Waals surface area contributed by atoms with Crippen molar-refractivity contribution in [1.29, 1.82) is 0 Å². The minimum absolute atomic E-state index is 0.0363. The van der Waals surface area contributed by atoms with E-state index in [1.165, 1.54) is 17.8 Å². The molecule has 22 heavy (non-hydrogen) atoms. The van der Waals surface area contributed by atoms with E-state index in [1.54, 1.807) is 0 Å². The Hall–Kier alpha value is -1.39. The third-order valence-electron chi connectivity index (χ3n) is 4.26. The van der Waals surface area contributed by atoms with Crippen molar-refractivity contribution in [2.24, 2.45) is 0 Å². The number of likely N-dealkylation sites (tertiary alicyclic amines) is 1. The lowest BCUT2D eigenvalue weighted by Gasteiger charge is -2.38. The molecule has 3 rings (SSSR count). The summed E-state index contributed by atoms with van der Waals surface area (Å²) >= 11 is 7.68. The van der Waals surface area contributed by atoms with E-state index in [0.29, 0.717) is 10.7 Å². The Bertz CT molecular complexity index is 675. The number of carbonyl (C=O) groups excluding carboxylic acids is 1. The first-order valence-corrected chi connectivity index (χ1v) is 8.86. The quantitative estimate of drug-likeness (QED) is 0.785. The van der Waals surface area contributed by atoms with Gasteiger partial charge in [0.2, 0.25) is 0 Å². The second kappa shape index (κ2) is 6.39. The molecule has 2 unspecified atom stereocenters. The molecule has 1 aliphatic rings. The molecule has 0 saturated carbocycles. The fourth-order valence-electron chi connectivity index (χ4n) is 3.08. The Labute approximate surface area is 139 Å². The lowest BCUT2D eigenvalue weighted by molar-refractivity contribution is 0.0505. The summed E-state index contributed by atoms with van der Waals surface area (Å²) in [6.45, 7) is 4.24. The van der Waals surface area contributed by atoms with Crippen LogP contribution in [0.5, 0.6) is 0 Å². The van der Waals surface area contributed by atoms with Gasteiger partial charge in [-0.1, -0.05) is 29.8 Å². The molecule has 1 saturated heterocycles. The standard InChI is InChI=1S/C17H19ClN2OS/c1-11-6-5-7-12(2)20(11)17(21)15-10-22-16(19-15)13-8-3-4-9-14(13)18/h3-4,8-12H,5-7H2,1-2H3. The molecule has 1 aliphatic heterocycles. The van der Waals surface area contributed by atoms with Crippen molar-refractivity contribution in [2.45, 2.75) is 45.2 Å². The lowest BCUT2D eigenvalue weighted by atomic mass is 9.97. The van der Waals surface area contributed by atoms with Crippen molar-refractivity contribution in [3.8, 4) is 10.6 Å². The minimum atomic E-state index is 0.0363. The number of amides is 1. The Morgan fingerprint density at radius 2 is 1.95 bits per heavy atom. The molecule has 2 heterocycles. The van der Waals surface area contributed by atoms with Crippen molar-refractivity contribution in [1.82, 2.24) is 9.88 Å². The molecule has 1 fully saturated rings. The van der Waals surface area contributed by atoms with E-state index in [-0.39, 0.29) is 18.0 Å². The summed E-state index contributed by atoms with van der Waals surface area (Å²) in [4.78, 5) is 19.3. The molecule has 1 aromatic carbocycles. The van der Waals surface area contributed by atoms with E-state index in [9.17, 15) is 4.79 Å². The third kappa shape index (κ3) is 2.90. The molecule has 0 bridgehead atoms. The van der Waals surface area contributed by atoms with Gasteiger partial charge < -0.3 is 4.90 Å². The van der Waals surface area contributed by atoms with Gasteiger partial charge in [0.1, 0.15) is 10.7 Å². The van der Waals surface area contributed by atoms with Crippen LogP contribution in [0.1, 0.15) is 43.6 Å². The Morgan fingerprint density at radius 1 is 1.27 bits per heavy atom. The van der Waals surface area contributed by atoms with Gasteiger partial charge in [0, 0.05) is 23.0 Å². The molecular formula is C17H19ClN2OS.